The van der Waals surface area contributed by atoms with Crippen molar-refractivity contribution in [3.8, 4) is 0 Å². The summed E-state index contributed by atoms with van der Waals surface area (Å²) in [6.45, 7) is 6.50. The van der Waals surface area contributed by atoms with Crippen LogP contribution in [0.2, 0.25) is 0 Å². The van der Waals surface area contributed by atoms with Gasteiger partial charge in [0.05, 0.1) is 0 Å². The predicted molar refractivity (Wildman–Crippen MR) is 40.8 cm³/mol. The average molecular weight is 146 g/mol. The first kappa shape index (κ1) is 7.26. The Morgan fingerprint density at radius 1 is 1.56 bits per heavy atom. The summed E-state index contributed by atoms with van der Waals surface area (Å²) in [6, 6.07) is 0. The van der Waals surface area contributed by atoms with Crippen LogP contribution in [0.4, 0.5) is 0 Å². The van der Waals surface area contributed by atoms with E-state index in [1.165, 1.54) is 0 Å². The van der Waals surface area contributed by atoms with E-state index in [1.807, 2.05) is 0 Å². The lowest BCUT2D eigenvalue weighted by atomic mass is 9.94. The summed E-state index contributed by atoms with van der Waals surface area (Å²) in [5.74, 6) is 2.39. The van der Waals surface area contributed by atoms with E-state index in [9.17, 15) is 4.21 Å². The van der Waals surface area contributed by atoms with Crippen molar-refractivity contribution in [1.82, 2.24) is 0 Å². The molecule has 1 aliphatic heterocycles. The molecular weight excluding hydrogens is 132 g/mol. The quantitative estimate of drug-likeness (QED) is 0.546. The molecule has 1 heterocycles. The van der Waals surface area contributed by atoms with Crippen LogP contribution < -0.4 is 0 Å². The van der Waals surface area contributed by atoms with E-state index < -0.39 is 10.8 Å². The fourth-order valence-corrected chi connectivity index (χ4v) is 3.08. The first-order valence-electron chi connectivity index (χ1n) is 3.50. The van der Waals surface area contributed by atoms with E-state index in [1.54, 1.807) is 0 Å². The van der Waals surface area contributed by atoms with Gasteiger partial charge >= 0.3 is 0 Å². The van der Waals surface area contributed by atoms with Crippen LogP contribution in [0.1, 0.15) is 20.8 Å². The highest BCUT2D eigenvalue weighted by atomic mass is 32.2. The molecule has 1 saturated heterocycles. The molecule has 3 unspecified atom stereocenters. The first-order chi connectivity index (χ1) is 4.13. The molecular formula is C7H14OS. The smallest absolute Gasteiger partial charge is 0.0359 e. The first-order valence-corrected chi connectivity index (χ1v) is 4.88. The van der Waals surface area contributed by atoms with Crippen LogP contribution >= 0.6 is 0 Å². The van der Waals surface area contributed by atoms with E-state index in [-0.39, 0.29) is 0 Å². The average Bonchev–Trinajstić information content (AvgIpc) is 1.81. The minimum atomic E-state index is -0.487. The van der Waals surface area contributed by atoms with E-state index in [0.717, 1.165) is 17.6 Å². The van der Waals surface area contributed by atoms with Crippen LogP contribution in [0.25, 0.3) is 0 Å². The summed E-state index contributed by atoms with van der Waals surface area (Å²) in [6.07, 6.45) is 0. The maximum Gasteiger partial charge on any atom is 0.0359 e. The van der Waals surface area contributed by atoms with Gasteiger partial charge in [0.2, 0.25) is 0 Å². The van der Waals surface area contributed by atoms with Gasteiger partial charge in [-0.15, -0.1) is 0 Å². The minimum Gasteiger partial charge on any atom is -0.259 e. The Balaban J connectivity index is 2.42. The van der Waals surface area contributed by atoms with Crippen molar-refractivity contribution in [2.24, 2.45) is 11.8 Å². The highest BCUT2D eigenvalue weighted by Gasteiger charge is 2.36. The lowest BCUT2D eigenvalue weighted by Crippen LogP contribution is -2.43. The van der Waals surface area contributed by atoms with Crippen LogP contribution in [-0.4, -0.2) is 15.2 Å². The molecule has 0 aromatic heterocycles. The van der Waals surface area contributed by atoms with Gasteiger partial charge < -0.3 is 0 Å². The maximum atomic E-state index is 10.9. The van der Waals surface area contributed by atoms with Gasteiger partial charge in [0.25, 0.3) is 0 Å². The Morgan fingerprint density at radius 2 is 2.11 bits per heavy atom. The zero-order valence-corrected chi connectivity index (χ0v) is 7.07. The summed E-state index contributed by atoms with van der Waals surface area (Å²) in [4.78, 5) is 0. The normalized spacial score (nSPS) is 42.9. The Kier molecular flexibility index (Phi) is 1.94. The molecule has 0 aromatic carbocycles. The van der Waals surface area contributed by atoms with Crippen molar-refractivity contribution in [1.29, 1.82) is 0 Å². The molecule has 0 amide bonds. The van der Waals surface area contributed by atoms with Crippen molar-refractivity contribution < 1.29 is 4.21 Å². The van der Waals surface area contributed by atoms with Crippen molar-refractivity contribution in [2.75, 3.05) is 5.75 Å². The van der Waals surface area contributed by atoms with E-state index in [4.69, 9.17) is 0 Å². The molecule has 3 atom stereocenters. The predicted octanol–water partition coefficient (Wildman–Crippen LogP) is 1.41. The van der Waals surface area contributed by atoms with E-state index in [0.29, 0.717) is 5.25 Å². The van der Waals surface area contributed by atoms with Crippen LogP contribution in [-0.2, 0) is 10.8 Å². The molecule has 54 valence electrons. The third-order valence-corrected chi connectivity index (χ3v) is 4.12. The Morgan fingerprint density at radius 3 is 2.22 bits per heavy atom. The van der Waals surface area contributed by atoms with E-state index >= 15 is 0 Å². The highest BCUT2D eigenvalue weighted by Crippen LogP contribution is 2.29. The fraction of sp³-hybridized carbons (Fsp3) is 1.00. The molecule has 2 heteroatoms. The Hall–Kier alpha value is 0.150. The molecule has 0 N–H and O–H groups in total. The van der Waals surface area contributed by atoms with Gasteiger partial charge in [-0.2, -0.15) is 0 Å². The molecule has 0 radical (unpaired) electrons. The summed E-state index contributed by atoms with van der Waals surface area (Å²) in [7, 11) is -0.487. The third-order valence-electron chi connectivity index (χ3n) is 2.23. The number of rotatable bonds is 1. The molecule has 9 heavy (non-hydrogen) atoms. The Bertz CT molecular complexity index is 131. The molecule has 0 aromatic rings. The summed E-state index contributed by atoms with van der Waals surface area (Å²) < 4.78 is 10.9. The summed E-state index contributed by atoms with van der Waals surface area (Å²) in [5, 5.41) is 0.463. The third kappa shape index (κ3) is 1.18. The van der Waals surface area contributed by atoms with Gasteiger partial charge in [-0.3, -0.25) is 4.21 Å². The molecule has 0 aliphatic carbocycles. The van der Waals surface area contributed by atoms with Crippen molar-refractivity contribution in [2.45, 2.75) is 26.0 Å². The molecule has 0 saturated carbocycles. The van der Waals surface area contributed by atoms with Crippen molar-refractivity contribution in [3.05, 3.63) is 0 Å². The monoisotopic (exact) mass is 146 g/mol. The largest absolute Gasteiger partial charge is 0.259 e. The Labute approximate surface area is 59.3 Å². The van der Waals surface area contributed by atoms with Gasteiger partial charge in [-0.1, -0.05) is 20.8 Å². The molecule has 1 fully saturated rings. The van der Waals surface area contributed by atoms with Gasteiger partial charge in [0, 0.05) is 21.8 Å². The second kappa shape index (κ2) is 2.41. The lowest BCUT2D eigenvalue weighted by Gasteiger charge is -2.35. The molecule has 1 nitrogen and oxygen atoms in total. The van der Waals surface area contributed by atoms with Crippen molar-refractivity contribution in [3.63, 3.8) is 0 Å². The lowest BCUT2D eigenvalue weighted by molar-refractivity contribution is 0.384. The molecule has 1 aliphatic rings. The van der Waals surface area contributed by atoms with Gasteiger partial charge in [-0.05, 0) is 11.8 Å². The fourth-order valence-electron chi connectivity index (χ4n) is 1.28. The van der Waals surface area contributed by atoms with Crippen LogP contribution in [0, 0.1) is 11.8 Å². The van der Waals surface area contributed by atoms with Crippen LogP contribution in [0.5, 0.6) is 0 Å². The topological polar surface area (TPSA) is 17.1 Å². The van der Waals surface area contributed by atoms with Crippen LogP contribution in [0.15, 0.2) is 0 Å². The zero-order valence-electron chi connectivity index (χ0n) is 6.26. The SMILES string of the molecule is CC(C)C1CS(=O)C1C. The van der Waals surface area contributed by atoms with E-state index in [2.05, 4.69) is 20.8 Å². The second-order valence-electron chi connectivity index (χ2n) is 3.16. The molecule has 0 bridgehead atoms. The standard InChI is InChI=1S/C7H14OS/c1-5(2)7-4-9(8)6(7)3/h5-7H,4H2,1-3H3. The molecule has 1 rings (SSSR count). The number of hydrogen-bond donors (Lipinski definition) is 0. The minimum absolute atomic E-state index is 0.463. The second-order valence-corrected chi connectivity index (χ2v) is 5.00. The molecule has 0 spiro atoms. The van der Waals surface area contributed by atoms with Gasteiger partial charge in [-0.25, -0.2) is 0 Å². The summed E-state index contributed by atoms with van der Waals surface area (Å²) in [5.41, 5.74) is 0. The van der Waals surface area contributed by atoms with Gasteiger partial charge in [0.15, 0.2) is 0 Å². The zero-order chi connectivity index (χ0) is 7.02. The maximum absolute atomic E-state index is 10.9. The highest BCUT2D eigenvalue weighted by molar-refractivity contribution is 7.87. The van der Waals surface area contributed by atoms with Crippen LogP contribution in [0.3, 0.4) is 0 Å². The summed E-state index contributed by atoms with van der Waals surface area (Å²) >= 11 is 0. The van der Waals surface area contributed by atoms with Crippen molar-refractivity contribution >= 4 is 10.8 Å². The van der Waals surface area contributed by atoms with Gasteiger partial charge in [0.1, 0.15) is 0 Å². The number of hydrogen-bond acceptors (Lipinski definition) is 1.